The first-order valence-electron chi connectivity index (χ1n) is 5.92. The van der Waals surface area contributed by atoms with Crippen molar-refractivity contribution in [2.24, 2.45) is 0 Å². The van der Waals surface area contributed by atoms with E-state index in [1.807, 2.05) is 0 Å². The predicted molar refractivity (Wildman–Crippen MR) is 69.0 cm³/mol. The Morgan fingerprint density at radius 2 is 2.00 bits per heavy atom. The Kier molecular flexibility index (Phi) is 6.36. The number of hydrogen-bond donors (Lipinski definition) is 1. The number of rotatable bonds is 6. The molecule has 0 aromatic heterocycles. The number of esters is 1. The van der Waals surface area contributed by atoms with Crippen molar-refractivity contribution >= 4 is 11.9 Å². The van der Waals surface area contributed by atoms with Crippen molar-refractivity contribution < 1.29 is 23.1 Å². The highest BCUT2D eigenvalue weighted by Gasteiger charge is 2.18. The Bertz CT molecular complexity index is 486. The minimum Gasteiger partial charge on any atom is -0.469 e. The molecule has 0 aliphatic rings. The summed E-state index contributed by atoms with van der Waals surface area (Å²) in [5.74, 6) is -1.48. The molecule has 1 aromatic carbocycles. The first kappa shape index (κ1) is 15.8. The third-order valence-corrected chi connectivity index (χ3v) is 2.55. The molecule has 0 bridgehead atoms. The van der Waals surface area contributed by atoms with Gasteiger partial charge in [0.05, 0.1) is 19.6 Å². The molecule has 0 saturated heterocycles. The van der Waals surface area contributed by atoms with Crippen LogP contribution in [0.25, 0.3) is 0 Å². The van der Waals surface area contributed by atoms with Crippen molar-refractivity contribution in [3.05, 3.63) is 47.8 Å². The highest BCUT2D eigenvalue weighted by atomic mass is 19.1. The van der Waals surface area contributed by atoms with Crippen molar-refractivity contribution in [1.82, 2.24) is 5.32 Å². The van der Waals surface area contributed by atoms with Gasteiger partial charge in [0.1, 0.15) is 12.5 Å². The number of ether oxygens (including phenoxy) is 1. The molecule has 0 unspecified atom stereocenters. The topological polar surface area (TPSA) is 55.4 Å². The fourth-order valence-corrected chi connectivity index (χ4v) is 1.57. The maximum absolute atomic E-state index is 12.9. The standard InChI is InChI=1S/C14H15F2NO3/c1-20-14(19)9-12(17-13(18)3-2-8-15)10-4-6-11(16)7-5-10/h2-7,12H,8-9H2,1H3,(H,17,18)/b3-2+/t12-/m1/s1. The van der Waals surface area contributed by atoms with Crippen LogP contribution in [0.2, 0.25) is 0 Å². The molecule has 0 spiro atoms. The molecular formula is C14H15F2NO3. The van der Waals surface area contributed by atoms with Crippen LogP contribution in [0.5, 0.6) is 0 Å². The van der Waals surface area contributed by atoms with Gasteiger partial charge in [0.2, 0.25) is 5.91 Å². The summed E-state index contributed by atoms with van der Waals surface area (Å²) in [6.07, 6.45) is 1.99. The molecule has 108 valence electrons. The largest absolute Gasteiger partial charge is 0.469 e. The summed E-state index contributed by atoms with van der Waals surface area (Å²) in [6, 6.07) is 4.70. The summed E-state index contributed by atoms with van der Waals surface area (Å²) >= 11 is 0. The van der Waals surface area contributed by atoms with Crippen LogP contribution < -0.4 is 5.32 Å². The summed E-state index contributed by atoms with van der Waals surface area (Å²) in [4.78, 5) is 22.9. The van der Waals surface area contributed by atoms with Gasteiger partial charge in [-0.15, -0.1) is 0 Å². The molecule has 0 heterocycles. The van der Waals surface area contributed by atoms with Crippen LogP contribution in [0.1, 0.15) is 18.0 Å². The number of allylic oxidation sites excluding steroid dienone is 1. The highest BCUT2D eigenvalue weighted by Crippen LogP contribution is 2.18. The van der Waals surface area contributed by atoms with E-state index in [1.54, 1.807) is 0 Å². The minimum absolute atomic E-state index is 0.0999. The summed E-state index contributed by atoms with van der Waals surface area (Å²) in [5.41, 5.74) is 0.554. The van der Waals surface area contributed by atoms with Gasteiger partial charge >= 0.3 is 5.97 Å². The molecule has 1 amide bonds. The minimum atomic E-state index is -0.758. The van der Waals surface area contributed by atoms with Crippen LogP contribution in [0.4, 0.5) is 8.78 Å². The first-order chi connectivity index (χ1) is 9.56. The number of methoxy groups -OCH3 is 1. The SMILES string of the molecule is COC(=O)C[C@@H](NC(=O)/C=C/CF)c1ccc(F)cc1. The molecule has 0 radical (unpaired) electrons. The molecule has 0 saturated carbocycles. The number of carbonyl (C=O) groups excluding carboxylic acids is 2. The lowest BCUT2D eigenvalue weighted by Crippen LogP contribution is -2.29. The van der Waals surface area contributed by atoms with Crippen LogP contribution in [0.3, 0.4) is 0 Å². The van der Waals surface area contributed by atoms with Crippen molar-refractivity contribution in [3.8, 4) is 0 Å². The second kappa shape index (κ2) is 8.04. The molecule has 0 aliphatic heterocycles. The van der Waals surface area contributed by atoms with E-state index in [4.69, 9.17) is 0 Å². The Balaban J connectivity index is 2.84. The van der Waals surface area contributed by atoms with Crippen molar-refractivity contribution in [2.75, 3.05) is 13.8 Å². The maximum atomic E-state index is 12.9. The van der Waals surface area contributed by atoms with Gasteiger partial charge in [0.25, 0.3) is 0 Å². The molecule has 1 aromatic rings. The zero-order valence-corrected chi connectivity index (χ0v) is 10.9. The van der Waals surface area contributed by atoms with Crippen LogP contribution in [0, 0.1) is 5.82 Å². The van der Waals surface area contributed by atoms with Gasteiger partial charge in [-0.3, -0.25) is 9.59 Å². The summed E-state index contributed by atoms with van der Waals surface area (Å²) in [6.45, 7) is -0.758. The Labute approximate surface area is 115 Å². The quantitative estimate of drug-likeness (QED) is 0.642. The van der Waals surface area contributed by atoms with E-state index in [-0.39, 0.29) is 6.42 Å². The van der Waals surface area contributed by atoms with Gasteiger partial charge < -0.3 is 10.1 Å². The number of hydrogen-bond acceptors (Lipinski definition) is 3. The number of nitrogens with one attached hydrogen (secondary N) is 1. The summed E-state index contributed by atoms with van der Waals surface area (Å²) in [7, 11) is 1.23. The van der Waals surface area contributed by atoms with Crippen LogP contribution in [-0.2, 0) is 14.3 Å². The van der Waals surface area contributed by atoms with E-state index in [0.29, 0.717) is 5.56 Å². The molecule has 0 fully saturated rings. The predicted octanol–water partition coefficient (Wildman–Crippen LogP) is 2.07. The lowest BCUT2D eigenvalue weighted by atomic mass is 10.0. The lowest BCUT2D eigenvalue weighted by Gasteiger charge is -2.17. The molecule has 1 rings (SSSR count). The van der Waals surface area contributed by atoms with E-state index in [2.05, 4.69) is 10.1 Å². The van der Waals surface area contributed by atoms with Gasteiger partial charge in [-0.25, -0.2) is 8.78 Å². The number of alkyl halides is 1. The van der Waals surface area contributed by atoms with E-state index < -0.39 is 30.4 Å². The molecule has 1 N–H and O–H groups in total. The number of halogens is 2. The van der Waals surface area contributed by atoms with Crippen LogP contribution in [0.15, 0.2) is 36.4 Å². The molecule has 4 nitrogen and oxygen atoms in total. The first-order valence-corrected chi connectivity index (χ1v) is 5.92. The summed E-state index contributed by atoms with van der Waals surface area (Å²) < 4.78 is 29.4. The van der Waals surface area contributed by atoms with Gasteiger partial charge in [-0.05, 0) is 23.8 Å². The smallest absolute Gasteiger partial charge is 0.307 e. The molecule has 1 atom stereocenters. The van der Waals surface area contributed by atoms with E-state index in [9.17, 15) is 18.4 Å². The monoisotopic (exact) mass is 283 g/mol. The Morgan fingerprint density at radius 3 is 2.55 bits per heavy atom. The Hall–Kier alpha value is -2.24. The molecular weight excluding hydrogens is 268 g/mol. The number of carbonyl (C=O) groups is 2. The average Bonchev–Trinajstić information content (AvgIpc) is 2.45. The highest BCUT2D eigenvalue weighted by molar-refractivity contribution is 5.88. The van der Waals surface area contributed by atoms with Crippen molar-refractivity contribution in [2.45, 2.75) is 12.5 Å². The summed E-state index contributed by atoms with van der Waals surface area (Å²) in [5, 5.41) is 2.54. The van der Waals surface area contributed by atoms with Crippen LogP contribution in [-0.4, -0.2) is 25.7 Å². The van der Waals surface area contributed by atoms with E-state index in [0.717, 1.165) is 12.2 Å². The fraction of sp³-hybridized carbons (Fsp3) is 0.286. The van der Waals surface area contributed by atoms with Crippen molar-refractivity contribution in [1.29, 1.82) is 0 Å². The molecule has 6 heteroatoms. The Morgan fingerprint density at radius 1 is 1.35 bits per heavy atom. The van der Waals surface area contributed by atoms with E-state index >= 15 is 0 Å². The average molecular weight is 283 g/mol. The van der Waals surface area contributed by atoms with Gasteiger partial charge in [0, 0.05) is 6.08 Å². The third kappa shape index (κ3) is 5.17. The number of amides is 1. The third-order valence-electron chi connectivity index (χ3n) is 2.55. The zero-order chi connectivity index (χ0) is 15.0. The lowest BCUT2D eigenvalue weighted by molar-refractivity contribution is -0.141. The van der Waals surface area contributed by atoms with Gasteiger partial charge in [0.15, 0.2) is 0 Å². The maximum Gasteiger partial charge on any atom is 0.307 e. The zero-order valence-electron chi connectivity index (χ0n) is 10.9. The molecule has 20 heavy (non-hydrogen) atoms. The van der Waals surface area contributed by atoms with Gasteiger partial charge in [-0.2, -0.15) is 0 Å². The normalized spacial score (nSPS) is 12.2. The second-order valence-corrected chi connectivity index (χ2v) is 3.95. The molecule has 0 aliphatic carbocycles. The van der Waals surface area contributed by atoms with Gasteiger partial charge in [-0.1, -0.05) is 12.1 Å². The van der Waals surface area contributed by atoms with Crippen LogP contribution >= 0.6 is 0 Å². The fourth-order valence-electron chi connectivity index (χ4n) is 1.57. The number of benzene rings is 1. The second-order valence-electron chi connectivity index (χ2n) is 3.95. The van der Waals surface area contributed by atoms with E-state index in [1.165, 1.54) is 31.4 Å². The van der Waals surface area contributed by atoms with Crippen molar-refractivity contribution in [3.63, 3.8) is 0 Å².